The molecule has 0 aliphatic carbocycles. The molecular weight excluding hydrogens is 202 g/mol. The second-order valence-electron chi connectivity index (χ2n) is 3.24. The van der Waals surface area contributed by atoms with Crippen LogP contribution in [0.25, 0.3) is 0 Å². The number of fused-ring (bicyclic) bond motifs is 1. The van der Waals surface area contributed by atoms with E-state index in [0.29, 0.717) is 0 Å². The van der Waals surface area contributed by atoms with Crippen LogP contribution in [0.1, 0.15) is 12.2 Å². The molecule has 2 heterocycles. The number of hydrogen-bond donors (Lipinski definition) is 0. The smallest absolute Gasteiger partial charge is 0.244 e. The van der Waals surface area contributed by atoms with Crippen LogP contribution >= 0.6 is 0 Å². The summed E-state index contributed by atoms with van der Waals surface area (Å²) in [6, 6.07) is 0. The summed E-state index contributed by atoms with van der Waals surface area (Å²) in [4.78, 5) is 3.63. The SMILES string of the molecule is FC1(F)CCc2ncnn2CC1(F)F. The molecule has 1 aliphatic heterocycles. The average Bonchev–Trinajstić information content (AvgIpc) is 2.44. The summed E-state index contributed by atoms with van der Waals surface area (Å²) < 4.78 is 52.5. The van der Waals surface area contributed by atoms with E-state index in [0.717, 1.165) is 11.0 Å². The number of aromatic nitrogens is 3. The normalized spacial score (nSPS) is 24.0. The standard InChI is InChI=1S/C7H7F4N3/c8-6(9)2-1-5-12-4-13-14(5)3-7(6,10)11/h4H,1-3H2. The molecule has 0 bridgehead atoms. The minimum atomic E-state index is -4.05. The van der Waals surface area contributed by atoms with Gasteiger partial charge in [-0.15, -0.1) is 0 Å². The van der Waals surface area contributed by atoms with Gasteiger partial charge in [0, 0.05) is 12.8 Å². The van der Waals surface area contributed by atoms with E-state index in [-0.39, 0.29) is 12.2 Å². The molecule has 1 aliphatic rings. The van der Waals surface area contributed by atoms with E-state index in [4.69, 9.17) is 0 Å². The molecule has 0 spiro atoms. The molecule has 1 aromatic rings. The molecule has 0 atom stereocenters. The van der Waals surface area contributed by atoms with Crippen LogP contribution < -0.4 is 0 Å². The number of nitrogens with zero attached hydrogens (tertiary/aromatic N) is 3. The lowest BCUT2D eigenvalue weighted by atomic mass is 10.1. The Bertz CT molecular complexity index is 346. The monoisotopic (exact) mass is 209 g/mol. The van der Waals surface area contributed by atoms with Crippen LogP contribution in [0.5, 0.6) is 0 Å². The van der Waals surface area contributed by atoms with Crippen molar-refractivity contribution < 1.29 is 17.6 Å². The molecule has 0 N–H and O–H groups in total. The van der Waals surface area contributed by atoms with Crippen molar-refractivity contribution in [3.05, 3.63) is 12.2 Å². The average molecular weight is 209 g/mol. The maximum atomic E-state index is 13.0. The summed E-state index contributed by atoms with van der Waals surface area (Å²) in [7, 11) is 0. The first-order chi connectivity index (χ1) is 6.42. The van der Waals surface area contributed by atoms with Gasteiger partial charge in [-0.2, -0.15) is 22.7 Å². The molecule has 2 rings (SSSR count). The Morgan fingerprint density at radius 2 is 1.93 bits per heavy atom. The van der Waals surface area contributed by atoms with Crippen LogP contribution in [0.2, 0.25) is 0 Å². The predicted molar refractivity (Wildman–Crippen MR) is 38.2 cm³/mol. The fraction of sp³-hybridized carbons (Fsp3) is 0.714. The largest absolute Gasteiger partial charge is 0.329 e. The highest BCUT2D eigenvalue weighted by molar-refractivity contribution is 4.97. The van der Waals surface area contributed by atoms with Crippen molar-refractivity contribution in [3.63, 3.8) is 0 Å². The number of alkyl halides is 4. The van der Waals surface area contributed by atoms with Gasteiger partial charge in [-0.25, -0.2) is 9.67 Å². The van der Waals surface area contributed by atoms with E-state index >= 15 is 0 Å². The van der Waals surface area contributed by atoms with Crippen molar-refractivity contribution in [1.82, 2.24) is 14.8 Å². The van der Waals surface area contributed by atoms with Gasteiger partial charge in [-0.3, -0.25) is 0 Å². The summed E-state index contributed by atoms with van der Waals surface area (Å²) in [5, 5.41) is 3.47. The van der Waals surface area contributed by atoms with Crippen LogP contribution in [0, 0.1) is 0 Å². The number of hydrogen-bond acceptors (Lipinski definition) is 2. The first kappa shape index (κ1) is 9.42. The summed E-state index contributed by atoms with van der Waals surface area (Å²) in [6.45, 7) is -1.10. The molecule has 0 saturated heterocycles. The van der Waals surface area contributed by atoms with Crippen molar-refractivity contribution in [2.45, 2.75) is 31.2 Å². The van der Waals surface area contributed by atoms with Crippen LogP contribution in [0.3, 0.4) is 0 Å². The fourth-order valence-electron chi connectivity index (χ4n) is 1.37. The molecule has 1 aromatic heterocycles. The van der Waals surface area contributed by atoms with Crippen LogP contribution in [0.4, 0.5) is 17.6 Å². The zero-order valence-corrected chi connectivity index (χ0v) is 7.05. The van der Waals surface area contributed by atoms with Crippen molar-refractivity contribution in [1.29, 1.82) is 0 Å². The minimum Gasteiger partial charge on any atom is -0.244 e. The molecule has 0 unspecified atom stereocenters. The summed E-state index contributed by atoms with van der Waals surface area (Å²) in [5.41, 5.74) is 0. The second-order valence-corrected chi connectivity index (χ2v) is 3.24. The van der Waals surface area contributed by atoms with Crippen molar-refractivity contribution in [3.8, 4) is 0 Å². The number of halogens is 4. The second kappa shape index (κ2) is 2.68. The highest BCUT2D eigenvalue weighted by Crippen LogP contribution is 2.40. The molecular formula is C7H7F4N3. The molecule has 0 radical (unpaired) electrons. The minimum absolute atomic E-state index is 0.178. The first-order valence-corrected chi connectivity index (χ1v) is 4.05. The van der Waals surface area contributed by atoms with Crippen molar-refractivity contribution in [2.24, 2.45) is 0 Å². The Hall–Kier alpha value is -1.14. The van der Waals surface area contributed by atoms with Gasteiger partial charge in [0.05, 0.1) is 0 Å². The Morgan fingerprint density at radius 3 is 2.64 bits per heavy atom. The maximum absolute atomic E-state index is 13.0. The highest BCUT2D eigenvalue weighted by atomic mass is 19.3. The van der Waals surface area contributed by atoms with Crippen molar-refractivity contribution >= 4 is 0 Å². The van der Waals surface area contributed by atoms with E-state index < -0.39 is 24.8 Å². The van der Waals surface area contributed by atoms with E-state index in [1.54, 1.807) is 0 Å². The van der Waals surface area contributed by atoms with E-state index in [1.807, 2.05) is 0 Å². The Morgan fingerprint density at radius 1 is 1.21 bits per heavy atom. The highest BCUT2D eigenvalue weighted by Gasteiger charge is 2.57. The van der Waals surface area contributed by atoms with Gasteiger partial charge in [0.1, 0.15) is 18.7 Å². The molecule has 0 amide bonds. The zero-order chi connectivity index (χ0) is 10.4. The van der Waals surface area contributed by atoms with Gasteiger partial charge in [-0.05, 0) is 0 Å². The molecule has 78 valence electrons. The molecule has 14 heavy (non-hydrogen) atoms. The van der Waals surface area contributed by atoms with Crippen LogP contribution in [0.15, 0.2) is 6.33 Å². The third kappa shape index (κ3) is 1.27. The van der Waals surface area contributed by atoms with E-state index in [1.165, 1.54) is 0 Å². The lowest BCUT2D eigenvalue weighted by Crippen LogP contribution is -2.42. The molecule has 3 nitrogen and oxygen atoms in total. The van der Waals surface area contributed by atoms with E-state index in [9.17, 15) is 17.6 Å². The van der Waals surface area contributed by atoms with Crippen molar-refractivity contribution in [2.75, 3.05) is 0 Å². The van der Waals surface area contributed by atoms with Gasteiger partial charge in [0.25, 0.3) is 0 Å². The van der Waals surface area contributed by atoms with Gasteiger partial charge in [0.15, 0.2) is 0 Å². The summed E-state index contributed by atoms with van der Waals surface area (Å²) in [6.07, 6.45) is 0.0240. The third-order valence-electron chi connectivity index (χ3n) is 2.24. The van der Waals surface area contributed by atoms with Gasteiger partial charge >= 0.3 is 11.8 Å². The quantitative estimate of drug-likeness (QED) is 0.606. The third-order valence-corrected chi connectivity index (χ3v) is 2.24. The summed E-state index contributed by atoms with van der Waals surface area (Å²) in [5.74, 6) is -7.84. The van der Waals surface area contributed by atoms with Crippen LogP contribution in [-0.2, 0) is 13.0 Å². The molecule has 0 saturated carbocycles. The maximum Gasteiger partial charge on any atom is 0.329 e. The molecule has 0 aromatic carbocycles. The fourth-order valence-corrected chi connectivity index (χ4v) is 1.37. The van der Waals surface area contributed by atoms with Gasteiger partial charge in [-0.1, -0.05) is 0 Å². The molecule has 7 heteroatoms. The number of rotatable bonds is 0. The Kier molecular flexibility index (Phi) is 1.80. The lowest BCUT2D eigenvalue weighted by molar-refractivity contribution is -0.215. The van der Waals surface area contributed by atoms with E-state index in [2.05, 4.69) is 10.1 Å². The predicted octanol–water partition coefficient (Wildman–Crippen LogP) is 1.49. The molecule has 0 fully saturated rings. The number of aryl methyl sites for hydroxylation is 1. The zero-order valence-electron chi connectivity index (χ0n) is 7.05. The Balaban J connectivity index is 2.38. The first-order valence-electron chi connectivity index (χ1n) is 4.05. The summed E-state index contributed by atoms with van der Waals surface area (Å²) >= 11 is 0. The topological polar surface area (TPSA) is 30.7 Å². The lowest BCUT2D eigenvalue weighted by Gasteiger charge is -2.23. The Labute approximate surface area is 76.7 Å². The van der Waals surface area contributed by atoms with Gasteiger partial charge < -0.3 is 0 Å². The van der Waals surface area contributed by atoms with Gasteiger partial charge in [0.2, 0.25) is 0 Å². The van der Waals surface area contributed by atoms with Crippen LogP contribution in [-0.4, -0.2) is 26.6 Å².